The molecule has 5 heteroatoms. The number of nitrogens with one attached hydrogen (secondary N) is 2. The van der Waals surface area contributed by atoms with E-state index in [1.54, 1.807) is 7.11 Å². The van der Waals surface area contributed by atoms with Crippen LogP contribution in [0.4, 0.5) is 5.69 Å². The summed E-state index contributed by atoms with van der Waals surface area (Å²) in [6.45, 7) is 1.89. The van der Waals surface area contributed by atoms with E-state index >= 15 is 0 Å². The van der Waals surface area contributed by atoms with Gasteiger partial charge in [-0.3, -0.25) is 0 Å². The number of anilines is 1. The molecule has 0 unspecified atom stereocenters. The molecule has 0 bridgehead atoms. The number of nitrogens with zero attached hydrogens (tertiary/aromatic N) is 1. The van der Waals surface area contributed by atoms with E-state index in [0.717, 1.165) is 18.8 Å². The summed E-state index contributed by atoms with van der Waals surface area (Å²) in [5.74, 6) is 0.943. The van der Waals surface area contributed by atoms with E-state index in [1.165, 1.54) is 29.7 Å². The molecule has 3 rings (SSSR count). The van der Waals surface area contributed by atoms with Gasteiger partial charge in [0.25, 0.3) is 0 Å². The molecule has 142 valence electrons. The van der Waals surface area contributed by atoms with Crippen LogP contribution in [0.15, 0.2) is 48.5 Å². The Morgan fingerprint density at radius 1 is 1.15 bits per heavy atom. The molecule has 0 aromatic heterocycles. The van der Waals surface area contributed by atoms with Crippen molar-refractivity contribution in [2.45, 2.75) is 31.5 Å². The van der Waals surface area contributed by atoms with Crippen molar-refractivity contribution in [3.05, 3.63) is 59.7 Å². The van der Waals surface area contributed by atoms with Crippen LogP contribution in [0.1, 0.15) is 30.0 Å². The zero-order valence-corrected chi connectivity index (χ0v) is 16.7. The second-order valence-corrected chi connectivity index (χ2v) is 6.86. The normalized spacial score (nSPS) is 19.5. The van der Waals surface area contributed by atoms with E-state index in [2.05, 4.69) is 78.2 Å². The summed E-state index contributed by atoms with van der Waals surface area (Å²) in [6, 6.07) is 17.9. The minimum Gasteiger partial charge on any atom is -0.496 e. The van der Waals surface area contributed by atoms with Crippen LogP contribution in [-0.4, -0.2) is 33.8 Å². The fourth-order valence-corrected chi connectivity index (χ4v) is 3.54. The van der Waals surface area contributed by atoms with E-state index in [4.69, 9.17) is 4.74 Å². The van der Waals surface area contributed by atoms with Crippen LogP contribution >= 0.6 is 12.4 Å². The monoisotopic (exact) mass is 375 g/mol. The van der Waals surface area contributed by atoms with Crippen LogP contribution in [0.2, 0.25) is 0 Å². The molecule has 2 N–H and O–H groups in total. The van der Waals surface area contributed by atoms with Gasteiger partial charge in [-0.2, -0.15) is 0 Å². The summed E-state index contributed by atoms with van der Waals surface area (Å²) in [5, 5.41) is 7.44. The third kappa shape index (κ3) is 4.91. The molecule has 1 heterocycles. The third-order valence-electron chi connectivity index (χ3n) is 4.95. The van der Waals surface area contributed by atoms with Gasteiger partial charge < -0.3 is 20.3 Å². The first-order valence-electron chi connectivity index (χ1n) is 9.05. The Balaban J connectivity index is 0.00000243. The second kappa shape index (κ2) is 9.81. The van der Waals surface area contributed by atoms with Gasteiger partial charge in [0.2, 0.25) is 0 Å². The first-order valence-corrected chi connectivity index (χ1v) is 9.05. The van der Waals surface area contributed by atoms with Gasteiger partial charge in [-0.1, -0.05) is 30.3 Å². The Morgan fingerprint density at radius 2 is 1.92 bits per heavy atom. The van der Waals surface area contributed by atoms with Crippen molar-refractivity contribution in [1.29, 1.82) is 0 Å². The van der Waals surface area contributed by atoms with Crippen LogP contribution in [0.5, 0.6) is 5.75 Å². The molecule has 1 fully saturated rings. The van der Waals surface area contributed by atoms with Crippen molar-refractivity contribution >= 4 is 18.1 Å². The molecular weight excluding hydrogens is 346 g/mol. The predicted octanol–water partition coefficient (Wildman–Crippen LogP) is 3.77. The van der Waals surface area contributed by atoms with Crippen LogP contribution in [-0.2, 0) is 6.54 Å². The number of benzene rings is 2. The Labute approximate surface area is 163 Å². The van der Waals surface area contributed by atoms with Crippen molar-refractivity contribution < 1.29 is 4.74 Å². The lowest BCUT2D eigenvalue weighted by Crippen LogP contribution is -2.45. The number of piperidine rings is 1. The van der Waals surface area contributed by atoms with E-state index in [0.29, 0.717) is 12.1 Å². The largest absolute Gasteiger partial charge is 0.496 e. The molecule has 26 heavy (non-hydrogen) atoms. The fraction of sp³-hybridized carbons (Fsp3) is 0.429. The third-order valence-corrected chi connectivity index (χ3v) is 4.95. The second-order valence-electron chi connectivity index (χ2n) is 6.86. The average Bonchev–Trinajstić information content (AvgIpc) is 2.67. The maximum absolute atomic E-state index is 5.56. The van der Waals surface area contributed by atoms with Crippen molar-refractivity contribution in [2.75, 3.05) is 32.6 Å². The first kappa shape index (κ1) is 20.6. The highest BCUT2D eigenvalue weighted by Gasteiger charge is 2.25. The molecule has 2 aromatic rings. The predicted molar refractivity (Wildman–Crippen MR) is 112 cm³/mol. The molecule has 0 spiro atoms. The SMILES string of the molecule is COc1ccc(N(C)C)cc1CN[C@H]1CCCN[C@H]1c1ccccc1.Cl. The molecule has 0 radical (unpaired) electrons. The summed E-state index contributed by atoms with van der Waals surface area (Å²) in [4.78, 5) is 2.12. The van der Waals surface area contributed by atoms with Gasteiger partial charge in [-0.15, -0.1) is 12.4 Å². The molecule has 2 aromatic carbocycles. The lowest BCUT2D eigenvalue weighted by atomic mass is 9.92. The number of methoxy groups -OCH3 is 1. The summed E-state index contributed by atoms with van der Waals surface area (Å²) in [5.41, 5.74) is 3.75. The molecule has 0 saturated carbocycles. The fourth-order valence-electron chi connectivity index (χ4n) is 3.54. The van der Waals surface area contributed by atoms with Crippen molar-refractivity contribution in [3.63, 3.8) is 0 Å². The van der Waals surface area contributed by atoms with Crippen LogP contribution in [0.25, 0.3) is 0 Å². The molecule has 1 aliphatic rings. The number of halogens is 1. The molecule has 4 nitrogen and oxygen atoms in total. The zero-order chi connectivity index (χ0) is 17.6. The summed E-state index contributed by atoms with van der Waals surface area (Å²) in [6.07, 6.45) is 2.39. The lowest BCUT2D eigenvalue weighted by Gasteiger charge is -2.34. The van der Waals surface area contributed by atoms with Crippen LogP contribution in [0.3, 0.4) is 0 Å². The Hall–Kier alpha value is -1.75. The van der Waals surface area contributed by atoms with Crippen LogP contribution in [0, 0.1) is 0 Å². The molecule has 2 atom stereocenters. The van der Waals surface area contributed by atoms with Gasteiger partial charge >= 0.3 is 0 Å². The molecule has 0 aliphatic carbocycles. The van der Waals surface area contributed by atoms with Gasteiger partial charge in [-0.25, -0.2) is 0 Å². The van der Waals surface area contributed by atoms with Gasteiger partial charge in [0, 0.05) is 44.0 Å². The minimum atomic E-state index is 0. The van der Waals surface area contributed by atoms with E-state index < -0.39 is 0 Å². The smallest absolute Gasteiger partial charge is 0.123 e. The Morgan fingerprint density at radius 3 is 2.62 bits per heavy atom. The molecule has 1 saturated heterocycles. The average molecular weight is 376 g/mol. The molecule has 1 aliphatic heterocycles. The Kier molecular flexibility index (Phi) is 7.76. The number of hydrogen-bond donors (Lipinski definition) is 2. The molecular formula is C21H30ClN3O. The standard InChI is InChI=1S/C21H29N3O.ClH/c1-24(2)18-11-12-20(25-3)17(14-18)15-23-19-10-7-13-22-21(19)16-8-5-4-6-9-16;/h4-6,8-9,11-12,14,19,21-23H,7,10,13,15H2,1-3H3;1H/t19-,21-;/m0./s1. The topological polar surface area (TPSA) is 36.5 Å². The quantitative estimate of drug-likeness (QED) is 0.805. The van der Waals surface area contributed by atoms with E-state index in [1.807, 2.05) is 0 Å². The van der Waals surface area contributed by atoms with E-state index in [-0.39, 0.29) is 12.4 Å². The Bertz CT molecular complexity index is 678. The number of rotatable bonds is 6. The summed E-state index contributed by atoms with van der Waals surface area (Å²) >= 11 is 0. The summed E-state index contributed by atoms with van der Waals surface area (Å²) < 4.78 is 5.56. The summed E-state index contributed by atoms with van der Waals surface area (Å²) in [7, 11) is 5.87. The van der Waals surface area contributed by atoms with Gasteiger partial charge in [0.05, 0.1) is 7.11 Å². The highest BCUT2D eigenvalue weighted by atomic mass is 35.5. The van der Waals surface area contributed by atoms with Gasteiger partial charge in [0.15, 0.2) is 0 Å². The van der Waals surface area contributed by atoms with Crippen molar-refractivity contribution in [1.82, 2.24) is 10.6 Å². The minimum absolute atomic E-state index is 0. The lowest BCUT2D eigenvalue weighted by molar-refractivity contribution is 0.303. The number of hydrogen-bond acceptors (Lipinski definition) is 4. The van der Waals surface area contributed by atoms with Gasteiger partial charge in [0.1, 0.15) is 5.75 Å². The zero-order valence-electron chi connectivity index (χ0n) is 15.9. The van der Waals surface area contributed by atoms with E-state index in [9.17, 15) is 0 Å². The maximum atomic E-state index is 5.56. The first-order chi connectivity index (χ1) is 12.2. The maximum Gasteiger partial charge on any atom is 0.123 e. The van der Waals surface area contributed by atoms with Crippen molar-refractivity contribution in [2.24, 2.45) is 0 Å². The molecule has 0 amide bonds. The highest BCUT2D eigenvalue weighted by molar-refractivity contribution is 5.85. The van der Waals surface area contributed by atoms with Crippen molar-refractivity contribution in [3.8, 4) is 5.75 Å². The highest BCUT2D eigenvalue weighted by Crippen LogP contribution is 2.27. The number of ether oxygens (including phenoxy) is 1. The van der Waals surface area contributed by atoms with Crippen LogP contribution < -0.4 is 20.3 Å². The van der Waals surface area contributed by atoms with Gasteiger partial charge in [-0.05, 0) is 43.1 Å².